The van der Waals surface area contributed by atoms with Crippen LogP contribution in [0, 0.1) is 5.92 Å². The first kappa shape index (κ1) is 24.2. The minimum absolute atomic E-state index is 0.0147. The Hall–Kier alpha value is -2.46. The second kappa shape index (κ2) is 9.99. The lowest BCUT2D eigenvalue weighted by Gasteiger charge is -2.32. The zero-order chi connectivity index (χ0) is 23.5. The number of aryl methyl sites for hydroxylation is 2. The van der Waals surface area contributed by atoms with Crippen molar-refractivity contribution in [2.24, 2.45) is 13.0 Å². The Balaban J connectivity index is 1.67. The van der Waals surface area contributed by atoms with Gasteiger partial charge in [-0.1, -0.05) is 6.92 Å². The van der Waals surface area contributed by atoms with Crippen molar-refractivity contribution >= 4 is 32.9 Å². The maximum absolute atomic E-state index is 12.8. The van der Waals surface area contributed by atoms with Gasteiger partial charge in [-0.15, -0.1) is 0 Å². The Morgan fingerprint density at radius 1 is 1.28 bits per heavy atom. The first-order valence-electron chi connectivity index (χ1n) is 11.1. The Morgan fingerprint density at radius 3 is 2.72 bits per heavy atom. The number of hydrogen-bond acceptors (Lipinski definition) is 5. The fourth-order valence-corrected chi connectivity index (χ4v) is 4.93. The van der Waals surface area contributed by atoms with Crippen LogP contribution in [0.15, 0.2) is 23.1 Å². The summed E-state index contributed by atoms with van der Waals surface area (Å²) < 4.78 is 27.9. The first-order valence-corrected chi connectivity index (χ1v) is 12.5. The number of aromatic nitrogens is 2. The van der Waals surface area contributed by atoms with Crippen molar-refractivity contribution < 1.29 is 18.0 Å². The third-order valence-electron chi connectivity index (χ3n) is 5.98. The molecule has 1 fully saturated rings. The molecule has 1 aromatic heterocycles. The summed E-state index contributed by atoms with van der Waals surface area (Å²) in [5.41, 5.74) is 1.40. The Bertz CT molecular complexity index is 1090. The van der Waals surface area contributed by atoms with E-state index in [0.717, 1.165) is 30.6 Å². The van der Waals surface area contributed by atoms with Crippen LogP contribution in [0.3, 0.4) is 0 Å². The number of rotatable bonds is 8. The quantitative estimate of drug-likeness (QED) is 0.639. The van der Waals surface area contributed by atoms with Gasteiger partial charge in [-0.25, -0.2) is 17.7 Å². The molecule has 2 heterocycles. The van der Waals surface area contributed by atoms with E-state index in [1.54, 1.807) is 23.1 Å². The third kappa shape index (κ3) is 5.12. The second-order valence-corrected chi connectivity index (χ2v) is 10.6. The van der Waals surface area contributed by atoms with Crippen LogP contribution in [0.25, 0.3) is 11.0 Å². The number of carbonyl (C=O) groups is 2. The number of carbonyl (C=O) groups excluding carboxylic acids is 2. The molecule has 2 aromatic rings. The maximum Gasteiger partial charge on any atom is 0.242 e. The predicted octanol–water partition coefficient (Wildman–Crippen LogP) is 1.52. The van der Waals surface area contributed by atoms with Gasteiger partial charge in [0.25, 0.3) is 0 Å². The molecule has 0 spiro atoms. The molecule has 10 heteroatoms. The van der Waals surface area contributed by atoms with Gasteiger partial charge in [0.2, 0.25) is 21.8 Å². The summed E-state index contributed by atoms with van der Waals surface area (Å²) in [6.45, 7) is 3.81. The van der Waals surface area contributed by atoms with Crippen molar-refractivity contribution in [3.63, 3.8) is 0 Å². The average Bonchev–Trinajstić information content (AvgIpc) is 3.10. The van der Waals surface area contributed by atoms with Crippen LogP contribution >= 0.6 is 0 Å². The molecule has 0 bridgehead atoms. The Morgan fingerprint density at radius 2 is 2.03 bits per heavy atom. The van der Waals surface area contributed by atoms with Crippen LogP contribution in [-0.2, 0) is 33.1 Å². The lowest BCUT2D eigenvalue weighted by atomic mass is 9.96. The van der Waals surface area contributed by atoms with Crippen molar-refractivity contribution in [3.05, 3.63) is 24.0 Å². The summed E-state index contributed by atoms with van der Waals surface area (Å²) in [4.78, 5) is 31.7. The number of imidazole rings is 1. The van der Waals surface area contributed by atoms with E-state index >= 15 is 0 Å². The van der Waals surface area contributed by atoms with E-state index in [1.165, 1.54) is 18.4 Å². The summed E-state index contributed by atoms with van der Waals surface area (Å²) in [6, 6.07) is 4.89. The highest BCUT2D eigenvalue weighted by Crippen LogP contribution is 2.23. The van der Waals surface area contributed by atoms with Crippen LogP contribution in [-0.4, -0.2) is 72.7 Å². The SMILES string of the molecule is CCCNC(=O)C1CCCN(C(=O)CCc2nc3cc(S(=O)(=O)N(C)C)ccc3n2C)C1. The van der Waals surface area contributed by atoms with E-state index < -0.39 is 10.0 Å². The fraction of sp³-hybridized carbons (Fsp3) is 0.591. The molecule has 1 atom stereocenters. The Labute approximate surface area is 189 Å². The number of fused-ring (bicyclic) bond motifs is 1. The summed E-state index contributed by atoms with van der Waals surface area (Å²) in [5.74, 6) is 0.623. The minimum Gasteiger partial charge on any atom is -0.356 e. The highest BCUT2D eigenvalue weighted by Gasteiger charge is 2.28. The van der Waals surface area contributed by atoms with Gasteiger partial charge >= 0.3 is 0 Å². The van der Waals surface area contributed by atoms with E-state index in [9.17, 15) is 18.0 Å². The van der Waals surface area contributed by atoms with E-state index in [2.05, 4.69) is 10.3 Å². The molecule has 2 amide bonds. The number of piperidine rings is 1. The van der Waals surface area contributed by atoms with Crippen LogP contribution in [0.5, 0.6) is 0 Å². The van der Waals surface area contributed by atoms with E-state index in [4.69, 9.17) is 0 Å². The molecule has 1 aromatic carbocycles. The largest absolute Gasteiger partial charge is 0.356 e. The number of likely N-dealkylation sites (tertiary alicyclic amines) is 1. The molecule has 1 unspecified atom stereocenters. The lowest BCUT2D eigenvalue weighted by Crippen LogP contribution is -2.45. The van der Waals surface area contributed by atoms with Crippen LogP contribution in [0.1, 0.15) is 38.4 Å². The highest BCUT2D eigenvalue weighted by atomic mass is 32.2. The molecule has 32 heavy (non-hydrogen) atoms. The van der Waals surface area contributed by atoms with Crippen molar-refractivity contribution in [1.82, 2.24) is 24.1 Å². The van der Waals surface area contributed by atoms with Crippen molar-refractivity contribution in [2.75, 3.05) is 33.7 Å². The molecule has 0 saturated carbocycles. The van der Waals surface area contributed by atoms with Gasteiger partial charge in [-0.3, -0.25) is 9.59 Å². The van der Waals surface area contributed by atoms with Crippen LogP contribution < -0.4 is 5.32 Å². The molecule has 1 aliphatic rings. The number of nitrogens with one attached hydrogen (secondary N) is 1. The monoisotopic (exact) mass is 463 g/mol. The predicted molar refractivity (Wildman–Crippen MR) is 123 cm³/mol. The zero-order valence-corrected chi connectivity index (χ0v) is 20.1. The summed E-state index contributed by atoms with van der Waals surface area (Å²) >= 11 is 0. The van der Waals surface area contributed by atoms with Crippen LogP contribution in [0.2, 0.25) is 0 Å². The van der Waals surface area contributed by atoms with Gasteiger partial charge < -0.3 is 14.8 Å². The molecule has 1 N–H and O–H groups in total. The lowest BCUT2D eigenvalue weighted by molar-refractivity contribution is -0.135. The number of hydrogen-bond donors (Lipinski definition) is 1. The molecular formula is C22H33N5O4S. The van der Waals surface area contributed by atoms with Crippen molar-refractivity contribution in [2.45, 2.75) is 43.9 Å². The van der Waals surface area contributed by atoms with Gasteiger partial charge in [0.15, 0.2) is 0 Å². The van der Waals surface area contributed by atoms with Crippen molar-refractivity contribution in [1.29, 1.82) is 0 Å². The molecule has 1 saturated heterocycles. The molecule has 9 nitrogen and oxygen atoms in total. The average molecular weight is 464 g/mol. The molecule has 1 aliphatic heterocycles. The second-order valence-electron chi connectivity index (χ2n) is 8.49. The minimum atomic E-state index is -3.54. The standard InChI is InChI=1S/C22H33N5O4S/c1-5-12-23-22(29)16-7-6-13-27(15-16)21(28)11-10-20-24-18-14-17(32(30,31)25(2)3)8-9-19(18)26(20)4/h8-9,14,16H,5-7,10-13,15H2,1-4H3,(H,23,29). The number of amides is 2. The first-order chi connectivity index (χ1) is 15.1. The summed E-state index contributed by atoms with van der Waals surface area (Å²) in [6.07, 6.45) is 3.27. The van der Waals surface area contributed by atoms with Gasteiger partial charge in [0.1, 0.15) is 5.82 Å². The van der Waals surface area contributed by atoms with E-state index in [-0.39, 0.29) is 22.6 Å². The highest BCUT2D eigenvalue weighted by molar-refractivity contribution is 7.89. The smallest absolute Gasteiger partial charge is 0.242 e. The van der Waals surface area contributed by atoms with Gasteiger partial charge in [-0.05, 0) is 37.5 Å². The number of sulfonamides is 1. The van der Waals surface area contributed by atoms with Gasteiger partial charge in [-0.2, -0.15) is 0 Å². The van der Waals surface area contributed by atoms with E-state index in [0.29, 0.717) is 38.0 Å². The fourth-order valence-electron chi connectivity index (χ4n) is 4.01. The normalized spacial score (nSPS) is 17.2. The maximum atomic E-state index is 12.8. The number of nitrogens with zero attached hydrogens (tertiary/aromatic N) is 4. The van der Waals surface area contributed by atoms with Gasteiger partial charge in [0.05, 0.1) is 21.8 Å². The third-order valence-corrected chi connectivity index (χ3v) is 7.79. The summed E-state index contributed by atoms with van der Waals surface area (Å²) in [7, 11) is 1.31. The van der Waals surface area contributed by atoms with E-state index in [1.807, 2.05) is 18.5 Å². The van der Waals surface area contributed by atoms with Crippen molar-refractivity contribution in [3.8, 4) is 0 Å². The molecule has 0 radical (unpaired) electrons. The topological polar surface area (TPSA) is 105 Å². The molecule has 0 aliphatic carbocycles. The van der Waals surface area contributed by atoms with Gasteiger partial charge in [0, 0.05) is 53.6 Å². The molecular weight excluding hydrogens is 430 g/mol. The molecule has 176 valence electrons. The van der Waals surface area contributed by atoms with Crippen LogP contribution in [0.4, 0.5) is 0 Å². The zero-order valence-electron chi connectivity index (χ0n) is 19.3. The number of benzene rings is 1. The summed E-state index contributed by atoms with van der Waals surface area (Å²) in [5, 5.41) is 2.93. The Kier molecular flexibility index (Phi) is 7.55. The molecule has 3 rings (SSSR count).